The number of carbonyl (C=O) groups is 3. The summed E-state index contributed by atoms with van der Waals surface area (Å²) in [6.07, 6.45) is -0.120. The van der Waals surface area contributed by atoms with Gasteiger partial charge in [0.1, 0.15) is 6.04 Å². The van der Waals surface area contributed by atoms with Crippen LogP contribution >= 0.6 is 0 Å². The van der Waals surface area contributed by atoms with Crippen LogP contribution in [0.25, 0.3) is 0 Å². The van der Waals surface area contributed by atoms with E-state index in [4.69, 9.17) is 9.84 Å². The molecule has 0 aliphatic rings. The maximum atomic E-state index is 11.8. The first-order valence-electron chi connectivity index (χ1n) is 6.67. The van der Waals surface area contributed by atoms with Gasteiger partial charge in [0.15, 0.2) is 0 Å². The maximum Gasteiger partial charge on any atom is 0.326 e. The summed E-state index contributed by atoms with van der Waals surface area (Å²) >= 11 is 0. The molecule has 0 aromatic carbocycles. The van der Waals surface area contributed by atoms with E-state index in [1.165, 1.54) is 14.2 Å². The molecule has 2 amide bonds. The molecule has 3 N–H and O–H groups in total. The summed E-state index contributed by atoms with van der Waals surface area (Å²) in [6.45, 7) is 4.15. The summed E-state index contributed by atoms with van der Waals surface area (Å²) in [5.41, 5.74) is 0. The van der Waals surface area contributed by atoms with Crippen LogP contribution in [0.4, 0.5) is 4.79 Å². The number of nitrogens with one attached hydrogen (secondary N) is 2. The second kappa shape index (κ2) is 9.98. The smallest absolute Gasteiger partial charge is 0.326 e. The molecular weight excluding hydrogens is 280 g/mol. The van der Waals surface area contributed by atoms with Crippen molar-refractivity contribution in [2.24, 2.45) is 5.92 Å². The van der Waals surface area contributed by atoms with E-state index in [1.807, 2.05) is 13.8 Å². The van der Waals surface area contributed by atoms with Crippen LogP contribution in [0.1, 0.15) is 26.7 Å². The molecular formula is C13H24N2O6. The lowest BCUT2D eigenvalue weighted by atomic mass is 10.1. The number of methoxy groups -OCH3 is 2. The van der Waals surface area contributed by atoms with E-state index >= 15 is 0 Å². The van der Waals surface area contributed by atoms with Crippen molar-refractivity contribution in [1.82, 2.24) is 10.6 Å². The number of aliphatic carboxylic acids is 1. The van der Waals surface area contributed by atoms with Crippen molar-refractivity contribution in [2.45, 2.75) is 38.8 Å². The van der Waals surface area contributed by atoms with Crippen molar-refractivity contribution < 1.29 is 29.0 Å². The summed E-state index contributed by atoms with van der Waals surface area (Å²) in [4.78, 5) is 33.9. The molecule has 0 aliphatic heterocycles. The molecule has 1 unspecified atom stereocenters. The number of carboxylic acids is 1. The molecule has 0 spiro atoms. The van der Waals surface area contributed by atoms with Crippen LogP contribution in [-0.2, 0) is 19.1 Å². The van der Waals surface area contributed by atoms with Gasteiger partial charge in [-0.25, -0.2) is 9.59 Å². The molecule has 0 aliphatic carbocycles. The van der Waals surface area contributed by atoms with Gasteiger partial charge in [-0.1, -0.05) is 13.8 Å². The zero-order valence-electron chi connectivity index (χ0n) is 12.8. The van der Waals surface area contributed by atoms with E-state index in [-0.39, 0.29) is 24.8 Å². The maximum absolute atomic E-state index is 11.8. The lowest BCUT2D eigenvalue weighted by molar-refractivity contribution is -0.142. The van der Waals surface area contributed by atoms with Crippen molar-refractivity contribution in [2.75, 3.05) is 20.8 Å². The van der Waals surface area contributed by atoms with E-state index in [0.717, 1.165) is 0 Å². The van der Waals surface area contributed by atoms with Gasteiger partial charge in [-0.2, -0.15) is 0 Å². The molecule has 0 heterocycles. The first-order chi connectivity index (χ1) is 9.81. The van der Waals surface area contributed by atoms with Crippen molar-refractivity contribution in [3.05, 3.63) is 0 Å². The van der Waals surface area contributed by atoms with Crippen LogP contribution in [0.5, 0.6) is 0 Å². The van der Waals surface area contributed by atoms with Crippen molar-refractivity contribution >= 4 is 18.0 Å². The third kappa shape index (κ3) is 8.13. The molecule has 0 rings (SSSR count). The summed E-state index contributed by atoms with van der Waals surface area (Å²) in [7, 11) is 2.74. The molecule has 0 aromatic rings. The molecule has 122 valence electrons. The number of amides is 2. The summed E-state index contributed by atoms with van der Waals surface area (Å²) < 4.78 is 9.43. The second-order valence-electron chi connectivity index (χ2n) is 4.93. The second-order valence-corrected chi connectivity index (χ2v) is 4.93. The Morgan fingerprint density at radius 1 is 1.14 bits per heavy atom. The number of hydrogen-bond donors (Lipinski definition) is 3. The number of carboxylic acid groups (broad SMARTS) is 1. The third-order valence-electron chi connectivity index (χ3n) is 2.94. The molecule has 0 aromatic heterocycles. The molecule has 0 saturated heterocycles. The quantitative estimate of drug-likeness (QED) is 0.530. The van der Waals surface area contributed by atoms with Crippen LogP contribution in [-0.4, -0.2) is 56.0 Å². The number of carbonyl (C=O) groups excluding carboxylic acids is 2. The minimum Gasteiger partial charge on any atom is -0.480 e. The minimum absolute atomic E-state index is 0.0357. The summed E-state index contributed by atoms with van der Waals surface area (Å²) in [6, 6.07) is -1.99. The van der Waals surface area contributed by atoms with Gasteiger partial charge in [-0.05, 0) is 12.3 Å². The third-order valence-corrected chi connectivity index (χ3v) is 2.94. The minimum atomic E-state index is -1.21. The van der Waals surface area contributed by atoms with E-state index in [1.54, 1.807) is 0 Å². The molecule has 2 atom stereocenters. The largest absolute Gasteiger partial charge is 0.480 e. The Morgan fingerprint density at radius 2 is 1.76 bits per heavy atom. The van der Waals surface area contributed by atoms with Gasteiger partial charge < -0.3 is 25.2 Å². The molecule has 8 nitrogen and oxygen atoms in total. The van der Waals surface area contributed by atoms with E-state index < -0.39 is 24.0 Å². The highest BCUT2D eigenvalue weighted by Crippen LogP contribution is 2.03. The molecule has 0 bridgehead atoms. The van der Waals surface area contributed by atoms with Gasteiger partial charge in [-0.3, -0.25) is 4.79 Å². The monoisotopic (exact) mass is 304 g/mol. The Kier molecular flexibility index (Phi) is 9.11. The van der Waals surface area contributed by atoms with Crippen LogP contribution in [0.2, 0.25) is 0 Å². The van der Waals surface area contributed by atoms with Crippen LogP contribution in [0.3, 0.4) is 0 Å². The standard InChI is InChI=1S/C13H24N2O6/c1-8(2)10(7-20-3)15-13(19)14-9(12(17)18)5-6-11(16)21-4/h8-10H,5-7H2,1-4H3,(H,17,18)(H2,14,15,19)/t9-,10?/m1/s1. The lowest BCUT2D eigenvalue weighted by Crippen LogP contribution is -2.51. The zero-order valence-corrected chi connectivity index (χ0v) is 12.8. The van der Waals surface area contributed by atoms with Crippen LogP contribution in [0, 0.1) is 5.92 Å². The lowest BCUT2D eigenvalue weighted by Gasteiger charge is -2.23. The molecule has 0 fully saturated rings. The predicted octanol–water partition coefficient (Wildman–Crippen LogP) is 0.363. The van der Waals surface area contributed by atoms with Gasteiger partial charge in [0, 0.05) is 13.5 Å². The van der Waals surface area contributed by atoms with Gasteiger partial charge >= 0.3 is 18.0 Å². The Balaban J connectivity index is 4.46. The molecule has 0 radical (unpaired) electrons. The number of urea groups is 1. The van der Waals surface area contributed by atoms with Gasteiger partial charge in [0.05, 0.1) is 19.8 Å². The van der Waals surface area contributed by atoms with E-state index in [0.29, 0.717) is 6.61 Å². The fraction of sp³-hybridized carbons (Fsp3) is 0.769. The van der Waals surface area contributed by atoms with E-state index in [2.05, 4.69) is 15.4 Å². The van der Waals surface area contributed by atoms with Crippen molar-refractivity contribution in [3.8, 4) is 0 Å². The first-order valence-corrected chi connectivity index (χ1v) is 6.67. The zero-order chi connectivity index (χ0) is 16.4. The average molecular weight is 304 g/mol. The van der Waals surface area contributed by atoms with Crippen LogP contribution in [0.15, 0.2) is 0 Å². The van der Waals surface area contributed by atoms with Gasteiger partial charge in [0.2, 0.25) is 0 Å². The SMILES string of the molecule is COCC(NC(=O)N[C@H](CCC(=O)OC)C(=O)O)C(C)C. The predicted molar refractivity (Wildman–Crippen MR) is 74.8 cm³/mol. The van der Waals surface area contributed by atoms with Crippen molar-refractivity contribution in [1.29, 1.82) is 0 Å². The van der Waals surface area contributed by atoms with Crippen LogP contribution < -0.4 is 10.6 Å². The van der Waals surface area contributed by atoms with Gasteiger partial charge in [0.25, 0.3) is 0 Å². The Hall–Kier alpha value is -1.83. The average Bonchev–Trinajstić information content (AvgIpc) is 2.41. The number of rotatable bonds is 9. The normalized spacial score (nSPS) is 13.4. The molecule has 8 heteroatoms. The summed E-state index contributed by atoms with van der Waals surface area (Å²) in [5, 5.41) is 14.0. The number of esters is 1. The van der Waals surface area contributed by atoms with E-state index in [9.17, 15) is 14.4 Å². The Bertz CT molecular complexity index is 359. The van der Waals surface area contributed by atoms with Gasteiger partial charge in [-0.15, -0.1) is 0 Å². The highest BCUT2D eigenvalue weighted by molar-refractivity contribution is 5.83. The highest BCUT2D eigenvalue weighted by atomic mass is 16.5. The molecule has 0 saturated carbocycles. The number of hydrogen-bond acceptors (Lipinski definition) is 5. The fourth-order valence-electron chi connectivity index (χ4n) is 1.57. The summed E-state index contributed by atoms with van der Waals surface area (Å²) in [5.74, 6) is -1.60. The highest BCUT2D eigenvalue weighted by Gasteiger charge is 2.23. The first kappa shape index (κ1) is 19.2. The number of ether oxygens (including phenoxy) is 2. The Labute approximate surface area is 124 Å². The fourth-order valence-corrected chi connectivity index (χ4v) is 1.57. The molecule has 21 heavy (non-hydrogen) atoms. The topological polar surface area (TPSA) is 114 Å². The Morgan fingerprint density at radius 3 is 2.19 bits per heavy atom. The van der Waals surface area contributed by atoms with Crippen molar-refractivity contribution in [3.63, 3.8) is 0 Å².